The predicted molar refractivity (Wildman–Crippen MR) is 82.5 cm³/mol. The fraction of sp³-hybridized carbons (Fsp3) is 0.538. The van der Waals surface area contributed by atoms with Crippen LogP contribution in [0.4, 0.5) is 15.8 Å². The number of hydrogen-bond donors (Lipinski definition) is 1. The lowest BCUT2D eigenvalue weighted by molar-refractivity contribution is -0.384. The molecule has 0 radical (unpaired) electrons. The summed E-state index contributed by atoms with van der Waals surface area (Å²) in [5, 5.41) is 14.7. The summed E-state index contributed by atoms with van der Waals surface area (Å²) in [5.41, 5.74) is 0.399. The number of fused-ring (bicyclic) bond motifs is 2. The van der Waals surface area contributed by atoms with Crippen LogP contribution in [0.2, 0.25) is 0 Å². The van der Waals surface area contributed by atoms with Crippen molar-refractivity contribution in [2.75, 3.05) is 18.0 Å². The van der Waals surface area contributed by atoms with Gasteiger partial charge in [-0.25, -0.2) is 4.39 Å². The lowest BCUT2D eigenvalue weighted by Crippen LogP contribution is -2.35. The Morgan fingerprint density at radius 1 is 1.35 bits per heavy atom. The van der Waals surface area contributed by atoms with E-state index < -0.39 is 10.7 Å². The molecule has 0 spiro atoms. The Balaban J connectivity index is 1.96. The molecule has 1 N–H and O–H groups in total. The molecule has 0 amide bonds. The number of halogens is 2. The van der Waals surface area contributed by atoms with Gasteiger partial charge in [-0.05, 0) is 41.9 Å². The van der Waals surface area contributed by atoms with Crippen LogP contribution in [0.5, 0.6) is 0 Å². The van der Waals surface area contributed by atoms with Crippen molar-refractivity contribution in [1.29, 1.82) is 0 Å². The summed E-state index contributed by atoms with van der Waals surface area (Å²) in [6.07, 6.45) is 3.20. The summed E-state index contributed by atoms with van der Waals surface area (Å²) in [5.74, 6) is -0.395. The Bertz CT molecular complexity index is 555. The van der Waals surface area contributed by atoms with Crippen molar-refractivity contribution < 1.29 is 9.31 Å². The maximum atomic E-state index is 13.8. The van der Waals surface area contributed by atoms with Crippen LogP contribution >= 0.6 is 22.6 Å². The molecule has 20 heavy (non-hydrogen) atoms. The first-order chi connectivity index (χ1) is 9.54. The first-order valence-corrected chi connectivity index (χ1v) is 7.77. The van der Waals surface area contributed by atoms with Gasteiger partial charge in [0.05, 0.1) is 8.49 Å². The smallest absolute Gasteiger partial charge is 0.293 e. The van der Waals surface area contributed by atoms with Gasteiger partial charge in [-0.1, -0.05) is 0 Å². The third-order valence-electron chi connectivity index (χ3n) is 4.08. The van der Waals surface area contributed by atoms with E-state index in [1.807, 2.05) is 4.90 Å². The molecule has 2 fully saturated rings. The number of nitro benzene ring substituents is 1. The van der Waals surface area contributed by atoms with Gasteiger partial charge < -0.3 is 10.2 Å². The monoisotopic (exact) mass is 391 g/mol. The summed E-state index contributed by atoms with van der Waals surface area (Å²) < 4.78 is 14.1. The first kappa shape index (κ1) is 14.0. The van der Waals surface area contributed by atoms with E-state index in [-0.39, 0.29) is 9.26 Å². The van der Waals surface area contributed by atoms with Gasteiger partial charge in [-0.3, -0.25) is 10.1 Å². The number of nitro groups is 1. The van der Waals surface area contributed by atoms with Crippen LogP contribution in [0.3, 0.4) is 0 Å². The number of hydrogen-bond acceptors (Lipinski definition) is 4. The molecule has 7 heteroatoms. The lowest BCUT2D eigenvalue weighted by Gasteiger charge is -2.26. The molecule has 2 aliphatic heterocycles. The van der Waals surface area contributed by atoms with Gasteiger partial charge in [0.25, 0.3) is 5.69 Å². The fourth-order valence-electron chi connectivity index (χ4n) is 3.09. The van der Waals surface area contributed by atoms with Crippen molar-refractivity contribution >= 4 is 34.0 Å². The molecule has 2 saturated heterocycles. The second-order valence-electron chi connectivity index (χ2n) is 5.38. The summed E-state index contributed by atoms with van der Waals surface area (Å²) in [6.45, 7) is 1.44. The average molecular weight is 391 g/mol. The highest BCUT2D eigenvalue weighted by atomic mass is 127. The zero-order valence-corrected chi connectivity index (χ0v) is 13.0. The van der Waals surface area contributed by atoms with Crippen molar-refractivity contribution in [3.05, 3.63) is 31.6 Å². The molecule has 1 aromatic rings. The second-order valence-corrected chi connectivity index (χ2v) is 6.55. The van der Waals surface area contributed by atoms with E-state index >= 15 is 0 Å². The quantitative estimate of drug-likeness (QED) is 0.479. The number of rotatable bonds is 2. The normalized spacial score (nSPS) is 25.6. The fourth-order valence-corrected chi connectivity index (χ4v) is 3.54. The Labute approximate surface area is 129 Å². The zero-order chi connectivity index (χ0) is 14.3. The second kappa shape index (κ2) is 5.44. The number of anilines is 1. The highest BCUT2D eigenvalue weighted by molar-refractivity contribution is 14.1. The largest absolute Gasteiger partial charge is 0.364 e. The Morgan fingerprint density at radius 3 is 2.85 bits per heavy atom. The van der Waals surface area contributed by atoms with Gasteiger partial charge in [0, 0.05) is 37.3 Å². The van der Waals surface area contributed by atoms with Crippen LogP contribution < -0.4 is 10.2 Å². The third kappa shape index (κ3) is 2.60. The molecule has 0 saturated carbocycles. The minimum absolute atomic E-state index is 0.00595. The van der Waals surface area contributed by atoms with Crippen LogP contribution in [-0.4, -0.2) is 30.1 Å². The molecular formula is C13H15FIN3O2. The minimum Gasteiger partial charge on any atom is -0.364 e. The standard InChI is InChI=1S/C13H15FIN3O2/c14-10-5-12(13(18(19)20)6-11(10)15)17-4-3-8-1-2-9(7-17)16-8/h5-6,8-9,16H,1-4,7H2. The zero-order valence-electron chi connectivity index (χ0n) is 10.8. The van der Waals surface area contributed by atoms with Gasteiger partial charge >= 0.3 is 0 Å². The summed E-state index contributed by atoms with van der Waals surface area (Å²) >= 11 is 1.79. The van der Waals surface area contributed by atoms with Gasteiger partial charge in [-0.2, -0.15) is 0 Å². The number of nitrogens with zero attached hydrogens (tertiary/aromatic N) is 2. The van der Waals surface area contributed by atoms with Gasteiger partial charge in [0.2, 0.25) is 0 Å². The maximum Gasteiger partial charge on any atom is 0.293 e. The van der Waals surface area contributed by atoms with Crippen molar-refractivity contribution in [3.8, 4) is 0 Å². The van der Waals surface area contributed by atoms with Crippen LogP contribution in [0.15, 0.2) is 12.1 Å². The molecule has 1 aromatic carbocycles. The van der Waals surface area contributed by atoms with E-state index in [1.165, 1.54) is 18.6 Å². The van der Waals surface area contributed by atoms with E-state index in [2.05, 4.69) is 5.32 Å². The van der Waals surface area contributed by atoms with Crippen molar-refractivity contribution in [2.45, 2.75) is 31.3 Å². The van der Waals surface area contributed by atoms with Crippen LogP contribution in [0.25, 0.3) is 0 Å². The number of nitrogens with one attached hydrogen (secondary N) is 1. The summed E-state index contributed by atoms with van der Waals surface area (Å²) in [6, 6.07) is 3.47. The molecule has 108 valence electrons. The molecule has 0 aromatic heterocycles. The van der Waals surface area contributed by atoms with E-state index in [4.69, 9.17) is 0 Å². The highest BCUT2D eigenvalue weighted by Gasteiger charge is 2.32. The highest BCUT2D eigenvalue weighted by Crippen LogP contribution is 2.34. The molecule has 2 atom stereocenters. The van der Waals surface area contributed by atoms with E-state index in [1.54, 1.807) is 22.6 Å². The lowest BCUT2D eigenvalue weighted by atomic mass is 10.1. The molecule has 0 aliphatic carbocycles. The minimum atomic E-state index is -0.423. The number of benzene rings is 1. The topological polar surface area (TPSA) is 58.4 Å². The van der Waals surface area contributed by atoms with Crippen molar-refractivity contribution in [3.63, 3.8) is 0 Å². The van der Waals surface area contributed by atoms with Gasteiger partial charge in [-0.15, -0.1) is 0 Å². The van der Waals surface area contributed by atoms with Crippen LogP contribution in [0.1, 0.15) is 19.3 Å². The average Bonchev–Trinajstić information content (AvgIpc) is 2.72. The molecular weight excluding hydrogens is 376 g/mol. The Hall–Kier alpha value is -0.960. The SMILES string of the molecule is O=[N+]([O-])c1cc(I)c(F)cc1N1CCC2CCC(C1)N2. The van der Waals surface area contributed by atoms with Crippen LogP contribution in [-0.2, 0) is 0 Å². The van der Waals surface area contributed by atoms with Crippen LogP contribution in [0, 0.1) is 19.5 Å². The first-order valence-electron chi connectivity index (χ1n) is 6.69. The van der Waals surface area contributed by atoms with Crippen molar-refractivity contribution in [1.82, 2.24) is 5.32 Å². The molecule has 5 nitrogen and oxygen atoms in total. The summed E-state index contributed by atoms with van der Waals surface area (Å²) in [7, 11) is 0. The maximum absolute atomic E-state index is 13.8. The van der Waals surface area contributed by atoms with E-state index in [0.29, 0.717) is 24.3 Å². The Kier molecular flexibility index (Phi) is 3.80. The van der Waals surface area contributed by atoms with E-state index in [9.17, 15) is 14.5 Å². The van der Waals surface area contributed by atoms with Crippen molar-refractivity contribution in [2.24, 2.45) is 0 Å². The van der Waals surface area contributed by atoms with E-state index in [0.717, 1.165) is 19.4 Å². The molecule has 2 bridgehead atoms. The summed E-state index contributed by atoms with van der Waals surface area (Å²) in [4.78, 5) is 12.7. The van der Waals surface area contributed by atoms with Gasteiger partial charge in [0.1, 0.15) is 11.5 Å². The molecule has 2 unspecified atom stereocenters. The van der Waals surface area contributed by atoms with Gasteiger partial charge in [0.15, 0.2) is 0 Å². The third-order valence-corrected chi connectivity index (χ3v) is 4.90. The Morgan fingerprint density at radius 2 is 2.10 bits per heavy atom. The predicted octanol–water partition coefficient (Wildman–Crippen LogP) is 2.67. The molecule has 3 rings (SSSR count). The molecule has 2 heterocycles. The molecule has 2 aliphatic rings.